The normalized spacial score (nSPS) is 13.8. The van der Waals surface area contributed by atoms with Gasteiger partial charge in [0.15, 0.2) is 0 Å². The lowest BCUT2D eigenvalue weighted by molar-refractivity contribution is 0.208. The number of amides is 2. The van der Waals surface area contributed by atoms with Crippen molar-refractivity contribution in [2.24, 2.45) is 0 Å². The molecule has 3 aromatic rings. The second-order valence-electron chi connectivity index (χ2n) is 6.47. The summed E-state index contributed by atoms with van der Waals surface area (Å²) in [5, 5.41) is 19.6. The van der Waals surface area contributed by atoms with Crippen LogP contribution in [0.15, 0.2) is 53.3 Å². The van der Waals surface area contributed by atoms with Gasteiger partial charge in [0.25, 0.3) is 0 Å². The highest BCUT2D eigenvalue weighted by Gasteiger charge is 2.23. The molecule has 29 heavy (non-hydrogen) atoms. The SMILES string of the molecule is N#Cc1c(F)cccc1N1CCN(C(=O)Nc2cccc(-c3nnco3)c2)CC1. The number of piperazine rings is 1. The third kappa shape index (κ3) is 3.87. The number of anilines is 2. The predicted octanol–water partition coefficient (Wildman–Crippen LogP) is 3.10. The van der Waals surface area contributed by atoms with Crippen LogP contribution in [0.2, 0.25) is 0 Å². The fourth-order valence-corrected chi connectivity index (χ4v) is 3.27. The third-order valence-corrected chi connectivity index (χ3v) is 4.73. The molecule has 0 spiro atoms. The summed E-state index contributed by atoms with van der Waals surface area (Å²) in [4.78, 5) is 16.2. The van der Waals surface area contributed by atoms with Crippen molar-refractivity contribution in [3.8, 4) is 17.5 Å². The number of nitriles is 1. The molecule has 4 rings (SSSR count). The summed E-state index contributed by atoms with van der Waals surface area (Å²) in [7, 11) is 0. The van der Waals surface area contributed by atoms with E-state index in [1.165, 1.54) is 12.5 Å². The Balaban J connectivity index is 1.40. The molecule has 1 saturated heterocycles. The molecule has 8 nitrogen and oxygen atoms in total. The summed E-state index contributed by atoms with van der Waals surface area (Å²) in [5.74, 6) is -0.163. The van der Waals surface area contributed by atoms with Crippen molar-refractivity contribution in [1.29, 1.82) is 5.26 Å². The van der Waals surface area contributed by atoms with E-state index >= 15 is 0 Å². The first-order chi connectivity index (χ1) is 14.2. The first-order valence-electron chi connectivity index (χ1n) is 9.02. The van der Waals surface area contributed by atoms with Gasteiger partial charge in [0.2, 0.25) is 12.3 Å². The van der Waals surface area contributed by atoms with E-state index in [9.17, 15) is 14.4 Å². The van der Waals surface area contributed by atoms with E-state index in [1.54, 1.807) is 35.2 Å². The Morgan fingerprint density at radius 1 is 1.17 bits per heavy atom. The van der Waals surface area contributed by atoms with Crippen molar-refractivity contribution in [2.45, 2.75) is 0 Å². The number of urea groups is 1. The van der Waals surface area contributed by atoms with Crippen LogP contribution >= 0.6 is 0 Å². The fourth-order valence-electron chi connectivity index (χ4n) is 3.27. The summed E-state index contributed by atoms with van der Waals surface area (Å²) < 4.78 is 19.0. The summed E-state index contributed by atoms with van der Waals surface area (Å²) in [5.41, 5.74) is 1.91. The lowest BCUT2D eigenvalue weighted by atomic mass is 10.1. The van der Waals surface area contributed by atoms with Crippen LogP contribution in [-0.2, 0) is 0 Å². The molecule has 146 valence electrons. The third-order valence-electron chi connectivity index (χ3n) is 4.73. The molecule has 2 heterocycles. The van der Waals surface area contributed by atoms with E-state index in [1.807, 2.05) is 17.0 Å². The van der Waals surface area contributed by atoms with Crippen LogP contribution in [0.3, 0.4) is 0 Å². The van der Waals surface area contributed by atoms with E-state index in [-0.39, 0.29) is 11.6 Å². The molecule has 0 aliphatic carbocycles. The monoisotopic (exact) mass is 392 g/mol. The van der Waals surface area contributed by atoms with Crippen molar-refractivity contribution in [3.63, 3.8) is 0 Å². The molecular formula is C20H17FN6O2. The van der Waals surface area contributed by atoms with Gasteiger partial charge in [-0.15, -0.1) is 10.2 Å². The highest BCUT2D eigenvalue weighted by molar-refractivity contribution is 5.90. The van der Waals surface area contributed by atoms with Gasteiger partial charge >= 0.3 is 6.03 Å². The number of nitrogens with zero attached hydrogens (tertiary/aromatic N) is 5. The molecule has 0 saturated carbocycles. The standard InChI is InChI=1S/C20H17FN6O2/c21-17-5-2-6-18(16(17)12-22)26-7-9-27(10-8-26)20(28)24-15-4-1-3-14(11-15)19-25-23-13-29-19/h1-6,11,13H,7-10H2,(H,24,28). The second kappa shape index (κ2) is 7.98. The second-order valence-corrected chi connectivity index (χ2v) is 6.47. The molecule has 0 unspecified atom stereocenters. The Morgan fingerprint density at radius 2 is 1.97 bits per heavy atom. The van der Waals surface area contributed by atoms with Crippen molar-refractivity contribution in [1.82, 2.24) is 15.1 Å². The molecule has 2 amide bonds. The molecule has 1 aromatic heterocycles. The maximum absolute atomic E-state index is 13.8. The van der Waals surface area contributed by atoms with Gasteiger partial charge in [-0.05, 0) is 30.3 Å². The molecule has 9 heteroatoms. The van der Waals surface area contributed by atoms with E-state index in [2.05, 4.69) is 15.5 Å². The van der Waals surface area contributed by atoms with E-state index in [4.69, 9.17) is 4.42 Å². The number of benzene rings is 2. The van der Waals surface area contributed by atoms with Gasteiger partial charge in [0.05, 0.1) is 5.69 Å². The summed E-state index contributed by atoms with van der Waals surface area (Å²) in [6.07, 6.45) is 1.25. The lowest BCUT2D eigenvalue weighted by Crippen LogP contribution is -2.50. The average Bonchev–Trinajstić information content (AvgIpc) is 3.29. The van der Waals surface area contributed by atoms with Crippen molar-refractivity contribution < 1.29 is 13.6 Å². The Morgan fingerprint density at radius 3 is 2.69 bits per heavy atom. The zero-order valence-corrected chi connectivity index (χ0v) is 15.4. The Kier molecular flexibility index (Phi) is 5.07. The maximum atomic E-state index is 13.8. The summed E-state index contributed by atoms with van der Waals surface area (Å²) >= 11 is 0. The summed E-state index contributed by atoms with van der Waals surface area (Å²) in [6, 6.07) is 13.4. The molecule has 1 aliphatic heterocycles. The van der Waals surface area contributed by atoms with E-state index in [0.29, 0.717) is 49.0 Å². The lowest BCUT2D eigenvalue weighted by Gasteiger charge is -2.36. The van der Waals surface area contributed by atoms with Crippen LogP contribution in [0.4, 0.5) is 20.6 Å². The number of hydrogen-bond acceptors (Lipinski definition) is 6. The number of carbonyl (C=O) groups is 1. The van der Waals surface area contributed by atoms with Gasteiger partial charge in [-0.25, -0.2) is 9.18 Å². The van der Waals surface area contributed by atoms with Gasteiger partial charge in [-0.2, -0.15) is 5.26 Å². The molecule has 1 fully saturated rings. The highest BCUT2D eigenvalue weighted by Crippen LogP contribution is 2.24. The minimum absolute atomic E-state index is 0.0308. The molecule has 1 N–H and O–H groups in total. The topological polar surface area (TPSA) is 98.3 Å². The van der Waals surface area contributed by atoms with Gasteiger partial charge in [-0.3, -0.25) is 0 Å². The van der Waals surface area contributed by atoms with Crippen LogP contribution in [0, 0.1) is 17.1 Å². The first-order valence-corrected chi connectivity index (χ1v) is 9.02. The summed E-state index contributed by atoms with van der Waals surface area (Å²) in [6.45, 7) is 1.92. The van der Waals surface area contributed by atoms with E-state index in [0.717, 1.165) is 0 Å². The van der Waals surface area contributed by atoms with Gasteiger partial charge in [0, 0.05) is 37.4 Å². The van der Waals surface area contributed by atoms with Crippen LogP contribution in [0.1, 0.15) is 5.56 Å². The van der Waals surface area contributed by atoms with Gasteiger partial charge in [0.1, 0.15) is 17.4 Å². The highest BCUT2D eigenvalue weighted by atomic mass is 19.1. The Bertz CT molecular complexity index is 1060. The number of halogens is 1. The van der Waals surface area contributed by atoms with Crippen LogP contribution in [-0.4, -0.2) is 47.3 Å². The maximum Gasteiger partial charge on any atom is 0.321 e. The van der Waals surface area contributed by atoms with Crippen molar-refractivity contribution in [3.05, 3.63) is 60.2 Å². The molecular weight excluding hydrogens is 375 g/mol. The van der Waals surface area contributed by atoms with Crippen LogP contribution in [0.5, 0.6) is 0 Å². The number of rotatable bonds is 3. The van der Waals surface area contributed by atoms with E-state index < -0.39 is 5.82 Å². The van der Waals surface area contributed by atoms with Crippen LogP contribution in [0.25, 0.3) is 11.5 Å². The zero-order chi connectivity index (χ0) is 20.2. The first kappa shape index (κ1) is 18.4. The number of carbonyl (C=O) groups excluding carboxylic acids is 1. The minimum Gasteiger partial charge on any atom is -0.423 e. The minimum atomic E-state index is -0.536. The fraction of sp³-hybridized carbons (Fsp3) is 0.200. The quantitative estimate of drug-likeness (QED) is 0.735. The molecule has 0 atom stereocenters. The zero-order valence-electron chi connectivity index (χ0n) is 15.4. The number of nitrogens with one attached hydrogen (secondary N) is 1. The van der Waals surface area contributed by atoms with Crippen molar-refractivity contribution >= 4 is 17.4 Å². The molecule has 2 aromatic carbocycles. The largest absolute Gasteiger partial charge is 0.423 e. The smallest absolute Gasteiger partial charge is 0.321 e. The number of hydrogen-bond donors (Lipinski definition) is 1. The Hall–Kier alpha value is -3.93. The predicted molar refractivity (Wildman–Crippen MR) is 104 cm³/mol. The average molecular weight is 392 g/mol. The van der Waals surface area contributed by atoms with Crippen molar-refractivity contribution in [2.75, 3.05) is 36.4 Å². The molecule has 0 bridgehead atoms. The van der Waals surface area contributed by atoms with Gasteiger partial charge in [-0.1, -0.05) is 12.1 Å². The molecule has 0 radical (unpaired) electrons. The van der Waals surface area contributed by atoms with Crippen LogP contribution < -0.4 is 10.2 Å². The number of aromatic nitrogens is 2. The van der Waals surface area contributed by atoms with Gasteiger partial charge < -0.3 is 19.5 Å². The molecule has 1 aliphatic rings. The Labute approximate surface area is 166 Å².